The SMILES string of the molecule is COc1ccc2occ(CC(=O)Nc3ccc(S(=O)(=O)N(C)c4ccccc4)cc3)c2c1. The maximum atomic E-state index is 12.9. The fourth-order valence-corrected chi connectivity index (χ4v) is 4.54. The molecular formula is C24H22N2O5S. The zero-order valence-electron chi connectivity index (χ0n) is 17.6. The molecule has 0 fully saturated rings. The lowest BCUT2D eigenvalue weighted by Crippen LogP contribution is -2.26. The molecule has 4 rings (SSSR count). The van der Waals surface area contributed by atoms with E-state index in [1.807, 2.05) is 12.1 Å². The van der Waals surface area contributed by atoms with Crippen molar-refractivity contribution in [1.29, 1.82) is 0 Å². The van der Waals surface area contributed by atoms with Gasteiger partial charge in [-0.3, -0.25) is 9.10 Å². The third-order valence-corrected chi connectivity index (χ3v) is 6.93. The smallest absolute Gasteiger partial charge is 0.264 e. The molecule has 0 saturated heterocycles. The maximum Gasteiger partial charge on any atom is 0.264 e. The van der Waals surface area contributed by atoms with Crippen LogP contribution < -0.4 is 14.4 Å². The highest BCUT2D eigenvalue weighted by molar-refractivity contribution is 7.92. The molecular weight excluding hydrogens is 428 g/mol. The summed E-state index contributed by atoms with van der Waals surface area (Å²) in [5.41, 5.74) is 2.47. The average Bonchev–Trinajstić information content (AvgIpc) is 3.21. The predicted molar refractivity (Wildman–Crippen MR) is 124 cm³/mol. The van der Waals surface area contributed by atoms with Crippen LogP contribution in [0.3, 0.4) is 0 Å². The van der Waals surface area contributed by atoms with Crippen molar-refractivity contribution in [3.8, 4) is 5.75 Å². The number of carbonyl (C=O) groups excluding carboxylic acids is 1. The van der Waals surface area contributed by atoms with Crippen LogP contribution in [0.1, 0.15) is 5.56 Å². The molecule has 3 aromatic carbocycles. The summed E-state index contributed by atoms with van der Waals surface area (Å²) in [6.45, 7) is 0. The number of hydrogen-bond donors (Lipinski definition) is 1. The molecule has 0 unspecified atom stereocenters. The zero-order valence-corrected chi connectivity index (χ0v) is 18.4. The van der Waals surface area contributed by atoms with Gasteiger partial charge < -0.3 is 14.5 Å². The normalized spacial score (nSPS) is 11.3. The third kappa shape index (κ3) is 4.31. The highest BCUT2D eigenvalue weighted by Crippen LogP contribution is 2.27. The van der Waals surface area contributed by atoms with Gasteiger partial charge in [0.1, 0.15) is 11.3 Å². The molecule has 0 radical (unpaired) electrons. The number of rotatable bonds is 7. The third-order valence-electron chi connectivity index (χ3n) is 5.13. The van der Waals surface area contributed by atoms with E-state index in [1.165, 1.54) is 23.5 Å². The minimum atomic E-state index is -3.71. The summed E-state index contributed by atoms with van der Waals surface area (Å²) in [6, 6.07) is 20.3. The van der Waals surface area contributed by atoms with E-state index in [-0.39, 0.29) is 17.2 Å². The molecule has 0 bridgehead atoms. The fraction of sp³-hybridized carbons (Fsp3) is 0.125. The van der Waals surface area contributed by atoms with Crippen LogP contribution in [0.25, 0.3) is 11.0 Å². The summed E-state index contributed by atoms with van der Waals surface area (Å²) in [4.78, 5) is 12.7. The Morgan fingerprint density at radius 2 is 1.75 bits per heavy atom. The first kappa shape index (κ1) is 21.5. The number of nitrogens with zero attached hydrogens (tertiary/aromatic N) is 1. The van der Waals surface area contributed by atoms with E-state index < -0.39 is 10.0 Å². The van der Waals surface area contributed by atoms with Crippen LogP contribution in [0.15, 0.2) is 88.4 Å². The number of anilines is 2. The Balaban J connectivity index is 1.46. The molecule has 1 heterocycles. The van der Waals surface area contributed by atoms with Crippen molar-refractivity contribution < 1.29 is 22.4 Å². The van der Waals surface area contributed by atoms with Crippen LogP contribution in [0.2, 0.25) is 0 Å². The minimum Gasteiger partial charge on any atom is -0.497 e. The summed E-state index contributed by atoms with van der Waals surface area (Å²) < 4.78 is 37.7. The van der Waals surface area contributed by atoms with Gasteiger partial charge in [-0.25, -0.2) is 8.42 Å². The van der Waals surface area contributed by atoms with Gasteiger partial charge in [-0.15, -0.1) is 0 Å². The van der Waals surface area contributed by atoms with Crippen LogP contribution >= 0.6 is 0 Å². The zero-order chi connectivity index (χ0) is 22.7. The number of ether oxygens (including phenoxy) is 1. The average molecular weight is 451 g/mol. The van der Waals surface area contributed by atoms with Gasteiger partial charge in [-0.1, -0.05) is 18.2 Å². The van der Waals surface area contributed by atoms with E-state index >= 15 is 0 Å². The first-order valence-electron chi connectivity index (χ1n) is 9.86. The highest BCUT2D eigenvalue weighted by atomic mass is 32.2. The Bertz CT molecular complexity index is 1350. The number of fused-ring (bicyclic) bond motifs is 1. The second-order valence-electron chi connectivity index (χ2n) is 7.18. The Morgan fingerprint density at radius 3 is 2.44 bits per heavy atom. The van der Waals surface area contributed by atoms with Gasteiger partial charge >= 0.3 is 0 Å². The molecule has 164 valence electrons. The van der Waals surface area contributed by atoms with E-state index in [1.54, 1.807) is 61.9 Å². The molecule has 4 aromatic rings. The number of nitrogens with one attached hydrogen (secondary N) is 1. The molecule has 0 aliphatic heterocycles. The van der Waals surface area contributed by atoms with E-state index in [2.05, 4.69) is 5.32 Å². The van der Waals surface area contributed by atoms with E-state index in [0.29, 0.717) is 22.7 Å². The molecule has 0 saturated carbocycles. The van der Waals surface area contributed by atoms with Gasteiger partial charge in [0.05, 0.1) is 30.4 Å². The Morgan fingerprint density at radius 1 is 1.03 bits per heavy atom. The van der Waals surface area contributed by atoms with Crippen molar-refractivity contribution in [3.05, 3.63) is 84.6 Å². The van der Waals surface area contributed by atoms with Crippen LogP contribution in [0.5, 0.6) is 5.75 Å². The van der Waals surface area contributed by atoms with Crippen LogP contribution in [0.4, 0.5) is 11.4 Å². The van der Waals surface area contributed by atoms with Crippen molar-refractivity contribution in [2.75, 3.05) is 23.8 Å². The predicted octanol–water partition coefficient (Wildman–Crippen LogP) is 4.45. The lowest BCUT2D eigenvalue weighted by molar-refractivity contribution is -0.115. The van der Waals surface area contributed by atoms with Gasteiger partial charge in [-0.05, 0) is 54.6 Å². The Hall–Kier alpha value is -3.78. The molecule has 7 nitrogen and oxygen atoms in total. The number of amides is 1. The Kier molecular flexibility index (Phi) is 5.87. The topological polar surface area (TPSA) is 88.8 Å². The van der Waals surface area contributed by atoms with Crippen LogP contribution in [0, 0.1) is 0 Å². The number of furan rings is 1. The van der Waals surface area contributed by atoms with Gasteiger partial charge in [-0.2, -0.15) is 0 Å². The summed E-state index contributed by atoms with van der Waals surface area (Å²) in [5.74, 6) is 0.436. The molecule has 8 heteroatoms. The number of carbonyl (C=O) groups is 1. The molecule has 0 spiro atoms. The Labute approximate surface area is 186 Å². The fourth-order valence-electron chi connectivity index (χ4n) is 3.35. The van der Waals surface area contributed by atoms with Crippen molar-refractivity contribution in [1.82, 2.24) is 0 Å². The maximum absolute atomic E-state index is 12.9. The second kappa shape index (κ2) is 8.76. The van der Waals surface area contributed by atoms with Crippen LogP contribution in [-0.4, -0.2) is 28.5 Å². The van der Waals surface area contributed by atoms with Crippen molar-refractivity contribution in [3.63, 3.8) is 0 Å². The van der Waals surface area contributed by atoms with Crippen molar-refractivity contribution in [2.45, 2.75) is 11.3 Å². The lowest BCUT2D eigenvalue weighted by atomic mass is 10.1. The highest BCUT2D eigenvalue weighted by Gasteiger charge is 2.21. The summed E-state index contributed by atoms with van der Waals surface area (Å²) in [6.07, 6.45) is 1.66. The first-order chi connectivity index (χ1) is 15.4. The summed E-state index contributed by atoms with van der Waals surface area (Å²) in [5, 5.41) is 3.60. The van der Waals surface area contributed by atoms with Gasteiger partial charge in [0.25, 0.3) is 10.0 Å². The van der Waals surface area contributed by atoms with E-state index in [9.17, 15) is 13.2 Å². The quantitative estimate of drug-likeness (QED) is 0.449. The largest absolute Gasteiger partial charge is 0.497 e. The standard InChI is InChI=1S/C24H22N2O5S/c1-26(19-6-4-3-5-7-19)32(28,29)21-11-8-18(9-12-21)25-24(27)14-17-16-31-23-13-10-20(30-2)15-22(17)23/h3-13,15-16H,14H2,1-2H3,(H,25,27). The first-order valence-corrected chi connectivity index (χ1v) is 11.3. The number of methoxy groups -OCH3 is 1. The van der Waals surface area contributed by atoms with E-state index in [0.717, 1.165) is 10.9 Å². The van der Waals surface area contributed by atoms with E-state index in [4.69, 9.17) is 9.15 Å². The molecule has 1 amide bonds. The number of hydrogen-bond acceptors (Lipinski definition) is 5. The van der Waals surface area contributed by atoms with Crippen LogP contribution in [-0.2, 0) is 21.2 Å². The molecule has 1 aromatic heterocycles. The van der Waals surface area contributed by atoms with Gasteiger partial charge in [0, 0.05) is 23.7 Å². The van der Waals surface area contributed by atoms with Crippen molar-refractivity contribution >= 4 is 38.3 Å². The number of benzene rings is 3. The van der Waals surface area contributed by atoms with Crippen molar-refractivity contribution in [2.24, 2.45) is 0 Å². The number of sulfonamides is 1. The molecule has 0 aliphatic rings. The monoisotopic (exact) mass is 450 g/mol. The minimum absolute atomic E-state index is 0.108. The second-order valence-corrected chi connectivity index (χ2v) is 9.15. The molecule has 0 atom stereocenters. The van der Waals surface area contributed by atoms with Gasteiger partial charge in [0.15, 0.2) is 0 Å². The number of para-hydroxylation sites is 1. The summed E-state index contributed by atoms with van der Waals surface area (Å²) in [7, 11) is -0.630. The molecule has 0 aliphatic carbocycles. The molecule has 1 N–H and O–H groups in total. The lowest BCUT2D eigenvalue weighted by Gasteiger charge is -2.19. The van der Waals surface area contributed by atoms with Gasteiger partial charge in [0.2, 0.25) is 5.91 Å². The molecule has 32 heavy (non-hydrogen) atoms. The summed E-state index contributed by atoms with van der Waals surface area (Å²) >= 11 is 0.